The predicted octanol–water partition coefficient (Wildman–Crippen LogP) is 10.9. The number of nitrogens with one attached hydrogen (secondary N) is 2. The van der Waals surface area contributed by atoms with Crippen molar-refractivity contribution >= 4 is 67.1 Å². The minimum atomic E-state index is -0.782. The molecule has 69 heavy (non-hydrogen) atoms. The van der Waals surface area contributed by atoms with Crippen LogP contribution >= 0.6 is 31.9 Å². The number of nitriles is 2. The highest BCUT2D eigenvalue weighted by Gasteiger charge is 2.10. The van der Waals surface area contributed by atoms with E-state index in [-0.39, 0.29) is 58.6 Å². The molecule has 0 aliphatic carbocycles. The summed E-state index contributed by atoms with van der Waals surface area (Å²) in [4.78, 5) is 44.8. The number of terminal acetylenes is 1. The number of carbonyl (C=O) groups is 3. The molecule has 5 N–H and O–H groups in total. The number of aliphatic carboxylic acids is 1. The van der Waals surface area contributed by atoms with Crippen LogP contribution in [0.5, 0.6) is 0 Å². The number of nitrogen functional groups attached to an aromatic ring is 1. The quantitative estimate of drug-likeness (QED) is 0.0580. The second-order valence-corrected chi connectivity index (χ2v) is 16.0. The fourth-order valence-corrected chi connectivity index (χ4v) is 5.75. The molecule has 3 aromatic heterocycles. The highest BCUT2D eigenvalue weighted by Crippen LogP contribution is 2.17. The number of carboxylic acid groups (broad SMARTS) is 1. The number of unbranched alkanes of at least 4 members (excludes halogenated alkanes) is 2. The number of aromatic nitrogens is 3. The summed E-state index contributed by atoms with van der Waals surface area (Å²) in [5, 5.41) is 29.9. The van der Waals surface area contributed by atoms with Gasteiger partial charge in [0.25, 0.3) is 0 Å². The molecule has 0 fully saturated rings. The maximum atomic E-state index is 13.9. The lowest BCUT2D eigenvalue weighted by Gasteiger charge is -2.06. The zero-order chi connectivity index (χ0) is 51.1. The molecular weight excluding hydrogens is 1020 g/mol. The number of rotatable bonds is 10. The average molecular weight is 1060 g/mol. The zero-order valence-corrected chi connectivity index (χ0v) is 41.0. The molecule has 6 rings (SSSR count). The van der Waals surface area contributed by atoms with Crippen molar-refractivity contribution in [2.45, 2.75) is 65.7 Å². The zero-order valence-electron chi connectivity index (χ0n) is 37.8. The first-order valence-corrected chi connectivity index (χ1v) is 22.2. The molecule has 3 aromatic carbocycles. The number of benzene rings is 3. The van der Waals surface area contributed by atoms with Crippen LogP contribution in [0.2, 0.25) is 0 Å². The molecule has 3 heterocycles. The SMILES string of the molecule is C#CCCC#N.Cc1cccc(CC(=O)Nc2ccc(Br)c(F)n2)c1.Cc1cccc(CC(=O)Nc2ccc(C#CCCC#N)c(F)n2)c1.Cc1cccc(CC(=O)O)c1.Nc1ccc(Br)c(F)n1. The topological polar surface area (TPSA) is 208 Å². The highest BCUT2D eigenvalue weighted by molar-refractivity contribution is 9.10. The molecule has 0 saturated heterocycles. The first kappa shape index (κ1) is 57.3. The molecule has 354 valence electrons. The molecule has 0 aliphatic rings. The summed E-state index contributed by atoms with van der Waals surface area (Å²) in [6.45, 7) is 5.87. The van der Waals surface area contributed by atoms with Gasteiger partial charge in [-0.3, -0.25) is 14.4 Å². The Bertz CT molecular complexity index is 2860. The minimum Gasteiger partial charge on any atom is -0.481 e. The Morgan fingerprint density at radius 2 is 1.06 bits per heavy atom. The molecule has 2 amide bonds. The number of anilines is 3. The highest BCUT2D eigenvalue weighted by atomic mass is 79.9. The predicted molar refractivity (Wildman–Crippen MR) is 267 cm³/mol. The molecule has 0 unspecified atom stereocenters. The first-order chi connectivity index (χ1) is 32.9. The van der Waals surface area contributed by atoms with Crippen molar-refractivity contribution in [1.82, 2.24) is 15.0 Å². The Labute approximate surface area is 416 Å². The summed E-state index contributed by atoms with van der Waals surface area (Å²) in [6, 6.07) is 35.8. The Morgan fingerprint density at radius 3 is 1.45 bits per heavy atom. The second-order valence-electron chi connectivity index (χ2n) is 14.3. The number of pyridine rings is 3. The Balaban J connectivity index is 0.000000321. The van der Waals surface area contributed by atoms with Crippen molar-refractivity contribution in [3.63, 3.8) is 0 Å². The van der Waals surface area contributed by atoms with Gasteiger partial charge in [0.2, 0.25) is 29.7 Å². The van der Waals surface area contributed by atoms with Crippen LogP contribution in [0.4, 0.5) is 30.6 Å². The normalized spacial score (nSPS) is 9.41. The van der Waals surface area contributed by atoms with Crippen LogP contribution in [-0.4, -0.2) is 37.8 Å². The molecule has 0 saturated carbocycles. The number of nitrogens with two attached hydrogens (primary N) is 1. The Kier molecular flexibility index (Phi) is 26.6. The van der Waals surface area contributed by atoms with Crippen LogP contribution in [-0.2, 0) is 33.6 Å². The Morgan fingerprint density at radius 1 is 0.623 bits per heavy atom. The average Bonchev–Trinajstić information content (AvgIpc) is 3.28. The molecule has 0 radical (unpaired) electrons. The maximum absolute atomic E-state index is 13.9. The van der Waals surface area contributed by atoms with E-state index in [1.54, 1.807) is 6.07 Å². The molecule has 0 spiro atoms. The van der Waals surface area contributed by atoms with Crippen LogP contribution < -0.4 is 16.4 Å². The smallest absolute Gasteiger partial charge is 0.307 e. The molecule has 6 aromatic rings. The number of carboxylic acids is 1. The fraction of sp³-hybridized carbons (Fsp3) is 0.192. The summed E-state index contributed by atoms with van der Waals surface area (Å²) >= 11 is 5.94. The summed E-state index contributed by atoms with van der Waals surface area (Å²) in [6.07, 6.45) is 7.10. The van der Waals surface area contributed by atoms with Crippen molar-refractivity contribution in [2.75, 3.05) is 16.4 Å². The van der Waals surface area contributed by atoms with Crippen LogP contribution in [0.1, 0.15) is 64.6 Å². The molecule has 12 nitrogen and oxygen atoms in total. The lowest BCUT2D eigenvalue weighted by atomic mass is 10.1. The molecule has 17 heteroatoms. The number of aryl methyl sites for hydroxylation is 3. The lowest BCUT2D eigenvalue weighted by Crippen LogP contribution is -2.15. The van der Waals surface area contributed by atoms with Gasteiger partial charge in [-0.2, -0.15) is 23.7 Å². The van der Waals surface area contributed by atoms with E-state index < -0.39 is 23.8 Å². The number of nitrogens with zero attached hydrogens (tertiary/aromatic N) is 5. The molecule has 0 aliphatic heterocycles. The lowest BCUT2D eigenvalue weighted by molar-refractivity contribution is -0.136. The summed E-state index contributed by atoms with van der Waals surface area (Å²) in [5.74, 6) is 4.98. The summed E-state index contributed by atoms with van der Waals surface area (Å²) in [5.41, 5.74) is 11.2. The largest absolute Gasteiger partial charge is 0.481 e. The van der Waals surface area contributed by atoms with Gasteiger partial charge in [-0.05, 0) is 106 Å². The van der Waals surface area contributed by atoms with Gasteiger partial charge in [-0.1, -0.05) is 101 Å². The third-order valence-corrected chi connectivity index (χ3v) is 9.49. The van der Waals surface area contributed by atoms with Gasteiger partial charge in [0.15, 0.2) is 0 Å². The monoisotopic (exact) mass is 1060 g/mol. The molecule has 0 bridgehead atoms. The number of hydrogen-bond acceptors (Lipinski definition) is 9. The van der Waals surface area contributed by atoms with Crippen molar-refractivity contribution in [2.24, 2.45) is 0 Å². The standard InChI is InChI=1S/C19H16FN3O.C14H12BrFN2O.C9H10O2.C5H4BrFN2.C5H5N/c1-14-6-5-7-15(12-14)13-18(24)22-17-10-9-16(19(20)23-17)8-3-2-4-11-21;1-9-3-2-4-10(7-9)8-13(19)17-12-6-5-11(15)14(16)18-12;1-7-3-2-4-8(5-7)6-9(10)11;6-3-1-2-4(8)9-5(3)7;1-2-3-4-5-6/h5-7,9-10,12H,2,4,13H2,1H3,(H,22,23,24);2-7H,8H2,1H3,(H,17,18,19);2-5H,6H2,1H3,(H,10,11);1-2H,(H2,8,9);1H,3-4H2. The van der Waals surface area contributed by atoms with Crippen LogP contribution in [0, 0.1) is 85.5 Å². The third-order valence-electron chi connectivity index (χ3n) is 8.31. The van der Waals surface area contributed by atoms with Crippen LogP contribution in [0.15, 0.2) is 118 Å². The number of hydrogen-bond donors (Lipinski definition) is 4. The fourth-order valence-electron chi connectivity index (χ4n) is 5.31. The number of carbonyl (C=O) groups excluding carboxylic acids is 2. The van der Waals surface area contributed by atoms with Gasteiger partial charge in [0, 0.05) is 25.7 Å². The van der Waals surface area contributed by atoms with Crippen molar-refractivity contribution < 1.29 is 32.7 Å². The van der Waals surface area contributed by atoms with Crippen LogP contribution in [0.25, 0.3) is 0 Å². The van der Waals surface area contributed by atoms with Crippen molar-refractivity contribution in [3.8, 4) is 36.3 Å². The summed E-state index contributed by atoms with van der Waals surface area (Å²) < 4.78 is 40.0. The van der Waals surface area contributed by atoms with E-state index >= 15 is 0 Å². The van der Waals surface area contributed by atoms with Gasteiger partial charge >= 0.3 is 5.97 Å². The third kappa shape index (κ3) is 25.0. The summed E-state index contributed by atoms with van der Waals surface area (Å²) in [7, 11) is 0. The minimum absolute atomic E-state index is 0.113. The molecular formula is C52H47Br2F3N8O4. The number of amides is 2. The first-order valence-electron chi connectivity index (χ1n) is 20.6. The van der Waals surface area contributed by atoms with Gasteiger partial charge in [-0.25, -0.2) is 15.0 Å². The van der Waals surface area contributed by atoms with Crippen molar-refractivity contribution in [1.29, 1.82) is 10.5 Å². The maximum Gasteiger partial charge on any atom is 0.307 e. The van der Waals surface area contributed by atoms with Crippen LogP contribution in [0.3, 0.4) is 0 Å². The molecule has 0 atom stereocenters. The van der Waals surface area contributed by atoms with E-state index in [9.17, 15) is 27.6 Å². The van der Waals surface area contributed by atoms with Gasteiger partial charge in [-0.15, -0.1) is 12.3 Å². The Hall–Kier alpha value is -7.83. The van der Waals surface area contributed by atoms with E-state index in [1.807, 2.05) is 106 Å². The van der Waals surface area contributed by atoms with Gasteiger partial charge < -0.3 is 21.5 Å². The van der Waals surface area contributed by atoms with E-state index in [0.717, 1.165) is 33.4 Å². The van der Waals surface area contributed by atoms with E-state index in [1.165, 1.54) is 30.3 Å². The van der Waals surface area contributed by atoms with Gasteiger partial charge in [0.05, 0.1) is 45.9 Å². The second kappa shape index (κ2) is 32.0. The number of halogens is 5. The van der Waals surface area contributed by atoms with E-state index in [2.05, 4.69) is 75.2 Å². The van der Waals surface area contributed by atoms with E-state index in [4.69, 9.17) is 27.8 Å². The van der Waals surface area contributed by atoms with Gasteiger partial charge in [0.1, 0.15) is 17.5 Å². The van der Waals surface area contributed by atoms with Crippen molar-refractivity contribution in [3.05, 3.63) is 175 Å². The van der Waals surface area contributed by atoms with E-state index in [0.29, 0.717) is 30.2 Å².